The highest BCUT2D eigenvalue weighted by Crippen LogP contribution is 2.33. The minimum atomic E-state index is -0.339. The number of rotatable bonds is 4. The van der Waals surface area contributed by atoms with E-state index in [0.717, 1.165) is 21.6 Å². The molecular weight excluding hydrogens is 413 g/mol. The van der Waals surface area contributed by atoms with Crippen LogP contribution in [0, 0.1) is 0 Å². The molecule has 3 aromatic heterocycles. The minimum absolute atomic E-state index is 0.227. The quantitative estimate of drug-likeness (QED) is 0.409. The average Bonchev–Trinajstić information content (AvgIpc) is 3.21. The second-order valence-electron chi connectivity index (χ2n) is 5.96. The topological polar surface area (TPSA) is 54.9 Å². The van der Waals surface area contributed by atoms with E-state index in [9.17, 15) is 4.79 Å². The van der Waals surface area contributed by atoms with E-state index in [1.165, 1.54) is 0 Å². The third-order valence-corrected chi connectivity index (χ3v) is 5.87. The molecule has 3 heterocycles. The number of hydrogen-bond acceptors (Lipinski definition) is 4. The van der Waals surface area contributed by atoms with Gasteiger partial charge in [0.25, 0.3) is 5.91 Å². The lowest BCUT2D eigenvalue weighted by Gasteiger charge is -2.08. The summed E-state index contributed by atoms with van der Waals surface area (Å²) in [5.74, 6) is -0.339. The highest BCUT2D eigenvalue weighted by atomic mass is 35.5. The number of nitrogens with one attached hydrogen (secondary N) is 1. The molecule has 0 unspecified atom stereocenters. The van der Waals surface area contributed by atoms with E-state index < -0.39 is 0 Å². The summed E-state index contributed by atoms with van der Waals surface area (Å²) < 4.78 is 0. The largest absolute Gasteiger partial charge is 0.321 e. The molecular formula is C21H13Cl2N3OS. The number of carbonyl (C=O) groups is 1. The molecule has 0 atom stereocenters. The predicted octanol–water partition coefficient (Wildman–Crippen LogP) is 6.43. The Hall–Kier alpha value is -2.73. The third-order valence-electron chi connectivity index (χ3n) is 4.07. The van der Waals surface area contributed by atoms with Crippen molar-refractivity contribution in [2.24, 2.45) is 0 Å². The third kappa shape index (κ3) is 3.92. The van der Waals surface area contributed by atoms with Gasteiger partial charge in [-0.15, -0.1) is 11.3 Å². The summed E-state index contributed by atoms with van der Waals surface area (Å²) in [6, 6.07) is 12.8. The Morgan fingerprint density at radius 1 is 0.929 bits per heavy atom. The fraction of sp³-hybridized carbons (Fsp3) is 0. The van der Waals surface area contributed by atoms with Crippen LogP contribution in [0.4, 0.5) is 5.69 Å². The van der Waals surface area contributed by atoms with Gasteiger partial charge in [-0.25, -0.2) is 0 Å². The van der Waals surface area contributed by atoms with Gasteiger partial charge < -0.3 is 5.32 Å². The van der Waals surface area contributed by atoms with Crippen LogP contribution in [-0.2, 0) is 0 Å². The van der Waals surface area contributed by atoms with Crippen LogP contribution >= 0.6 is 34.5 Å². The Morgan fingerprint density at radius 3 is 2.61 bits per heavy atom. The molecule has 0 aliphatic rings. The number of thiophene rings is 1. The van der Waals surface area contributed by atoms with Crippen molar-refractivity contribution in [3.8, 4) is 21.6 Å². The monoisotopic (exact) mass is 425 g/mol. The highest BCUT2D eigenvalue weighted by Gasteiger charge is 2.13. The molecule has 0 fully saturated rings. The van der Waals surface area contributed by atoms with Crippen molar-refractivity contribution in [2.45, 2.75) is 0 Å². The Balaban J connectivity index is 1.58. The predicted molar refractivity (Wildman–Crippen MR) is 115 cm³/mol. The van der Waals surface area contributed by atoms with E-state index in [4.69, 9.17) is 23.2 Å². The lowest BCUT2D eigenvalue weighted by Crippen LogP contribution is -2.12. The van der Waals surface area contributed by atoms with E-state index in [-0.39, 0.29) is 10.9 Å². The first-order valence-electron chi connectivity index (χ1n) is 8.31. The fourth-order valence-electron chi connectivity index (χ4n) is 2.69. The van der Waals surface area contributed by atoms with Crippen molar-refractivity contribution in [3.63, 3.8) is 0 Å². The van der Waals surface area contributed by atoms with Gasteiger partial charge in [0, 0.05) is 34.6 Å². The summed E-state index contributed by atoms with van der Waals surface area (Å²) in [5.41, 5.74) is 3.95. The van der Waals surface area contributed by atoms with E-state index in [0.29, 0.717) is 16.3 Å². The summed E-state index contributed by atoms with van der Waals surface area (Å²) in [4.78, 5) is 22.0. The van der Waals surface area contributed by atoms with Gasteiger partial charge in [0.05, 0.1) is 27.5 Å². The van der Waals surface area contributed by atoms with Gasteiger partial charge in [-0.3, -0.25) is 14.8 Å². The van der Waals surface area contributed by atoms with Crippen molar-refractivity contribution in [1.29, 1.82) is 0 Å². The molecule has 1 N–H and O–H groups in total. The molecule has 4 aromatic rings. The summed E-state index contributed by atoms with van der Waals surface area (Å²) >= 11 is 13.7. The molecule has 7 heteroatoms. The maximum atomic E-state index is 12.5. The normalized spacial score (nSPS) is 10.6. The van der Waals surface area contributed by atoms with Gasteiger partial charge in [0.15, 0.2) is 0 Å². The van der Waals surface area contributed by atoms with Crippen LogP contribution in [-0.4, -0.2) is 15.9 Å². The molecule has 28 heavy (non-hydrogen) atoms. The first-order chi connectivity index (χ1) is 13.6. The van der Waals surface area contributed by atoms with Crippen molar-refractivity contribution >= 4 is 46.1 Å². The van der Waals surface area contributed by atoms with Crippen LogP contribution < -0.4 is 5.32 Å². The zero-order valence-corrected chi connectivity index (χ0v) is 16.7. The number of aromatic nitrogens is 2. The van der Waals surface area contributed by atoms with Crippen LogP contribution in [0.15, 0.2) is 72.6 Å². The molecule has 0 aliphatic heterocycles. The van der Waals surface area contributed by atoms with E-state index in [1.807, 2.05) is 24.4 Å². The summed E-state index contributed by atoms with van der Waals surface area (Å²) in [5, 5.41) is 5.46. The number of halogens is 2. The molecule has 1 amide bonds. The summed E-state index contributed by atoms with van der Waals surface area (Å²) in [6.07, 6.45) is 6.94. The number of benzene rings is 1. The Labute approximate surface area is 175 Å². The van der Waals surface area contributed by atoms with Crippen LogP contribution in [0.2, 0.25) is 10.0 Å². The maximum Gasteiger partial charge on any atom is 0.257 e. The first-order valence-corrected chi connectivity index (χ1v) is 9.95. The average molecular weight is 426 g/mol. The Bertz CT molecular complexity index is 1150. The number of carbonyl (C=O) groups excluding carboxylic acids is 1. The Kier molecular flexibility index (Phi) is 5.39. The smallest absolute Gasteiger partial charge is 0.257 e. The molecule has 0 saturated carbocycles. The molecule has 0 saturated heterocycles. The van der Waals surface area contributed by atoms with E-state index >= 15 is 0 Å². The zero-order valence-electron chi connectivity index (χ0n) is 14.4. The molecule has 0 aliphatic carbocycles. The summed E-state index contributed by atoms with van der Waals surface area (Å²) in [7, 11) is 0. The lowest BCUT2D eigenvalue weighted by atomic mass is 10.1. The molecule has 138 valence electrons. The number of nitrogens with zero attached hydrogens (tertiary/aromatic N) is 2. The molecule has 4 nitrogen and oxygen atoms in total. The lowest BCUT2D eigenvalue weighted by molar-refractivity contribution is 0.102. The van der Waals surface area contributed by atoms with Crippen LogP contribution in [0.1, 0.15) is 10.4 Å². The number of anilines is 1. The van der Waals surface area contributed by atoms with Gasteiger partial charge in [-0.2, -0.15) is 0 Å². The number of hydrogen-bond donors (Lipinski definition) is 1. The standard InChI is InChI=1S/C21H13Cl2N3OS/c22-18-5-1-4-17(20(18)23)21(27)26-16-7-14(10-25-11-16)19-8-15(12-28-19)13-3-2-6-24-9-13/h1-12H,(H,26,27). The van der Waals surface area contributed by atoms with Crippen LogP contribution in [0.25, 0.3) is 21.6 Å². The highest BCUT2D eigenvalue weighted by molar-refractivity contribution is 7.14. The van der Waals surface area contributed by atoms with Gasteiger partial charge in [0.2, 0.25) is 0 Å². The van der Waals surface area contributed by atoms with Gasteiger partial charge in [-0.05, 0) is 41.3 Å². The van der Waals surface area contributed by atoms with Crippen molar-refractivity contribution < 1.29 is 4.79 Å². The first kappa shape index (κ1) is 18.6. The van der Waals surface area contributed by atoms with E-state index in [1.54, 1.807) is 48.1 Å². The minimum Gasteiger partial charge on any atom is -0.321 e. The van der Waals surface area contributed by atoms with Crippen molar-refractivity contribution in [2.75, 3.05) is 5.32 Å². The van der Waals surface area contributed by atoms with Crippen LogP contribution in [0.5, 0.6) is 0 Å². The van der Waals surface area contributed by atoms with Crippen molar-refractivity contribution in [1.82, 2.24) is 9.97 Å². The van der Waals surface area contributed by atoms with Crippen LogP contribution in [0.3, 0.4) is 0 Å². The molecule has 0 radical (unpaired) electrons. The molecule has 0 bridgehead atoms. The second kappa shape index (κ2) is 8.10. The van der Waals surface area contributed by atoms with Gasteiger partial charge >= 0.3 is 0 Å². The molecule has 4 rings (SSSR count). The SMILES string of the molecule is O=C(Nc1cncc(-c2cc(-c3cccnc3)cs2)c1)c1cccc(Cl)c1Cl. The van der Waals surface area contributed by atoms with E-state index in [2.05, 4.69) is 26.7 Å². The molecule has 1 aromatic carbocycles. The maximum absolute atomic E-state index is 12.5. The Morgan fingerprint density at radius 2 is 1.79 bits per heavy atom. The van der Waals surface area contributed by atoms with Crippen molar-refractivity contribution in [3.05, 3.63) is 88.2 Å². The molecule has 0 spiro atoms. The fourth-order valence-corrected chi connectivity index (χ4v) is 3.98. The van der Waals surface area contributed by atoms with Gasteiger partial charge in [0.1, 0.15) is 0 Å². The zero-order chi connectivity index (χ0) is 19.5. The number of pyridine rings is 2. The second-order valence-corrected chi connectivity index (χ2v) is 7.66. The summed E-state index contributed by atoms with van der Waals surface area (Å²) in [6.45, 7) is 0. The van der Waals surface area contributed by atoms with Gasteiger partial charge in [-0.1, -0.05) is 35.3 Å². The number of amides is 1.